The maximum atomic E-state index is 12.9. The molecule has 0 saturated heterocycles. The molecule has 0 unspecified atom stereocenters. The van der Waals surface area contributed by atoms with Crippen molar-refractivity contribution in [2.45, 2.75) is 17.7 Å². The Morgan fingerprint density at radius 3 is 2.94 bits per heavy atom. The molecule has 0 aliphatic carbocycles. The largest absolute Gasteiger partial charge is 0.398 e. The third-order valence-corrected chi connectivity index (χ3v) is 3.10. The summed E-state index contributed by atoms with van der Waals surface area (Å²) in [7, 11) is 0. The number of carbonyl (C=O) groups excluding carboxylic acids is 1. The third-order valence-electron chi connectivity index (χ3n) is 1.94. The molecule has 0 fully saturated rings. The van der Waals surface area contributed by atoms with E-state index >= 15 is 0 Å². The summed E-state index contributed by atoms with van der Waals surface area (Å²) in [6, 6.07) is 4.24. The van der Waals surface area contributed by atoms with Crippen molar-refractivity contribution in [3.05, 3.63) is 24.0 Å². The van der Waals surface area contributed by atoms with Crippen molar-refractivity contribution in [1.82, 2.24) is 5.43 Å². The highest BCUT2D eigenvalue weighted by Gasteiger charge is 2.03. The van der Waals surface area contributed by atoms with Crippen LogP contribution in [0.5, 0.6) is 0 Å². The molecule has 0 atom stereocenters. The Labute approximate surface area is 97.5 Å². The lowest BCUT2D eigenvalue weighted by Crippen LogP contribution is -2.29. The van der Waals surface area contributed by atoms with Crippen molar-refractivity contribution in [2.24, 2.45) is 5.84 Å². The van der Waals surface area contributed by atoms with Gasteiger partial charge in [-0.3, -0.25) is 10.2 Å². The molecule has 1 aromatic rings. The first-order valence-electron chi connectivity index (χ1n) is 4.80. The summed E-state index contributed by atoms with van der Waals surface area (Å²) in [5, 5.41) is 0. The molecule has 1 aromatic carbocycles. The molecule has 0 spiro atoms. The molecule has 1 rings (SSSR count). The quantitative estimate of drug-likeness (QED) is 0.182. The molecule has 88 valence electrons. The number of nitrogens with one attached hydrogen (secondary N) is 1. The highest BCUT2D eigenvalue weighted by Crippen LogP contribution is 2.26. The molecular weight excluding hydrogens is 229 g/mol. The number of benzene rings is 1. The van der Waals surface area contributed by atoms with Gasteiger partial charge in [0, 0.05) is 17.0 Å². The number of hydrazine groups is 1. The molecule has 6 heteroatoms. The Kier molecular flexibility index (Phi) is 5.07. The minimum Gasteiger partial charge on any atom is -0.398 e. The topological polar surface area (TPSA) is 81.1 Å². The summed E-state index contributed by atoms with van der Waals surface area (Å²) in [5.41, 5.74) is 8.27. The van der Waals surface area contributed by atoms with Gasteiger partial charge in [-0.15, -0.1) is 11.8 Å². The van der Waals surface area contributed by atoms with Crippen LogP contribution in [0.4, 0.5) is 10.1 Å². The monoisotopic (exact) mass is 243 g/mol. The van der Waals surface area contributed by atoms with E-state index in [1.54, 1.807) is 0 Å². The van der Waals surface area contributed by atoms with E-state index in [4.69, 9.17) is 11.6 Å². The summed E-state index contributed by atoms with van der Waals surface area (Å²) < 4.78 is 12.9. The van der Waals surface area contributed by atoms with Crippen molar-refractivity contribution in [1.29, 1.82) is 0 Å². The van der Waals surface area contributed by atoms with Crippen LogP contribution in [0.2, 0.25) is 0 Å². The van der Waals surface area contributed by atoms with Gasteiger partial charge in [0.1, 0.15) is 5.82 Å². The molecule has 0 bridgehead atoms. The average Bonchev–Trinajstić information content (AvgIpc) is 2.28. The van der Waals surface area contributed by atoms with Crippen molar-refractivity contribution >= 4 is 23.4 Å². The van der Waals surface area contributed by atoms with Crippen molar-refractivity contribution in [3.63, 3.8) is 0 Å². The Morgan fingerprint density at radius 2 is 2.25 bits per heavy atom. The molecule has 1 amide bonds. The van der Waals surface area contributed by atoms with Crippen LogP contribution in [-0.4, -0.2) is 11.7 Å². The number of amides is 1. The van der Waals surface area contributed by atoms with Gasteiger partial charge in [-0.2, -0.15) is 0 Å². The second kappa shape index (κ2) is 6.34. The molecule has 4 nitrogen and oxygen atoms in total. The lowest BCUT2D eigenvalue weighted by molar-refractivity contribution is -0.121. The summed E-state index contributed by atoms with van der Waals surface area (Å²) in [6.45, 7) is 0. The first-order chi connectivity index (χ1) is 7.63. The van der Waals surface area contributed by atoms with Crippen LogP contribution in [0.15, 0.2) is 23.1 Å². The minimum absolute atomic E-state index is 0.201. The smallest absolute Gasteiger partial charge is 0.233 e. The minimum atomic E-state index is -0.309. The molecule has 0 saturated carbocycles. The van der Waals surface area contributed by atoms with Gasteiger partial charge in [0.25, 0.3) is 0 Å². The maximum absolute atomic E-state index is 12.9. The standard InChI is InChI=1S/C10H14FN3OS/c11-7-3-4-8(12)9(6-7)16-5-1-2-10(15)14-13/h3-4,6H,1-2,5,12-13H2,(H,14,15). The molecule has 5 N–H and O–H groups in total. The molecule has 0 heterocycles. The number of nitrogens with two attached hydrogens (primary N) is 2. The Hall–Kier alpha value is -1.27. The molecule has 0 aliphatic heterocycles. The van der Waals surface area contributed by atoms with E-state index < -0.39 is 0 Å². The first kappa shape index (κ1) is 12.8. The van der Waals surface area contributed by atoms with E-state index in [-0.39, 0.29) is 11.7 Å². The number of halogens is 1. The zero-order valence-corrected chi connectivity index (χ0v) is 9.52. The fourth-order valence-corrected chi connectivity index (χ4v) is 2.06. The fraction of sp³-hybridized carbons (Fsp3) is 0.300. The number of hydrogen-bond donors (Lipinski definition) is 3. The second-order valence-corrected chi connectivity index (χ2v) is 4.34. The first-order valence-corrected chi connectivity index (χ1v) is 5.79. The van der Waals surface area contributed by atoms with Crippen molar-refractivity contribution in [3.8, 4) is 0 Å². The predicted octanol–water partition coefficient (Wildman–Crippen LogP) is 1.27. The summed E-state index contributed by atoms with van der Waals surface area (Å²) >= 11 is 1.43. The number of anilines is 1. The van der Waals surface area contributed by atoms with Gasteiger partial charge in [0.15, 0.2) is 0 Å². The van der Waals surface area contributed by atoms with Crippen molar-refractivity contribution < 1.29 is 9.18 Å². The third kappa shape index (κ3) is 4.08. The molecule has 16 heavy (non-hydrogen) atoms. The number of hydrogen-bond acceptors (Lipinski definition) is 4. The van der Waals surface area contributed by atoms with Gasteiger partial charge in [-0.25, -0.2) is 10.2 Å². The number of thioether (sulfide) groups is 1. The second-order valence-electron chi connectivity index (χ2n) is 3.20. The van der Waals surface area contributed by atoms with Crippen LogP contribution in [0.1, 0.15) is 12.8 Å². The Bertz CT molecular complexity index is 373. The lowest BCUT2D eigenvalue weighted by Gasteiger charge is -2.05. The van der Waals surface area contributed by atoms with Crippen LogP contribution in [-0.2, 0) is 4.79 Å². The Balaban J connectivity index is 2.37. The van der Waals surface area contributed by atoms with E-state index in [0.717, 1.165) is 0 Å². The van der Waals surface area contributed by atoms with Crippen LogP contribution in [0.3, 0.4) is 0 Å². The summed E-state index contributed by atoms with van der Waals surface area (Å²) in [6.07, 6.45) is 1.03. The zero-order valence-electron chi connectivity index (χ0n) is 8.70. The van der Waals surface area contributed by atoms with Crippen molar-refractivity contribution in [2.75, 3.05) is 11.5 Å². The molecule has 0 aromatic heterocycles. The van der Waals surface area contributed by atoms with Gasteiger partial charge in [0.05, 0.1) is 0 Å². The van der Waals surface area contributed by atoms with E-state index in [2.05, 4.69) is 5.43 Å². The van der Waals surface area contributed by atoms with Crippen LogP contribution < -0.4 is 17.0 Å². The van der Waals surface area contributed by atoms with Gasteiger partial charge in [0.2, 0.25) is 5.91 Å². The number of rotatable bonds is 5. The number of carbonyl (C=O) groups is 1. The van der Waals surface area contributed by atoms with E-state index in [1.165, 1.54) is 30.0 Å². The molecule has 0 radical (unpaired) electrons. The van der Waals surface area contributed by atoms with Crippen LogP contribution in [0.25, 0.3) is 0 Å². The normalized spacial score (nSPS) is 10.1. The molecule has 0 aliphatic rings. The predicted molar refractivity (Wildman–Crippen MR) is 63.1 cm³/mol. The summed E-state index contributed by atoms with van der Waals surface area (Å²) in [4.78, 5) is 11.5. The van der Waals surface area contributed by atoms with E-state index in [0.29, 0.717) is 29.2 Å². The number of nitrogen functional groups attached to an aromatic ring is 1. The molecular formula is C10H14FN3OS. The fourth-order valence-electron chi connectivity index (χ4n) is 1.12. The van der Waals surface area contributed by atoms with E-state index in [9.17, 15) is 9.18 Å². The van der Waals surface area contributed by atoms with Gasteiger partial charge in [-0.05, 0) is 30.4 Å². The van der Waals surface area contributed by atoms with Crippen LogP contribution >= 0.6 is 11.8 Å². The lowest BCUT2D eigenvalue weighted by atomic mass is 10.3. The average molecular weight is 243 g/mol. The SMILES string of the molecule is NNC(=O)CCCSc1cc(F)ccc1N. The highest BCUT2D eigenvalue weighted by molar-refractivity contribution is 7.99. The van der Waals surface area contributed by atoms with Gasteiger partial charge in [-0.1, -0.05) is 0 Å². The summed E-state index contributed by atoms with van der Waals surface area (Å²) in [5.74, 6) is 5.12. The van der Waals surface area contributed by atoms with Gasteiger partial charge >= 0.3 is 0 Å². The van der Waals surface area contributed by atoms with Crippen LogP contribution in [0, 0.1) is 5.82 Å². The van der Waals surface area contributed by atoms with Gasteiger partial charge < -0.3 is 5.73 Å². The maximum Gasteiger partial charge on any atom is 0.233 e. The Morgan fingerprint density at radius 1 is 1.50 bits per heavy atom. The zero-order chi connectivity index (χ0) is 12.0. The van der Waals surface area contributed by atoms with E-state index in [1.807, 2.05) is 0 Å². The highest BCUT2D eigenvalue weighted by atomic mass is 32.2.